The summed E-state index contributed by atoms with van der Waals surface area (Å²) in [6.45, 7) is 6.39. The summed E-state index contributed by atoms with van der Waals surface area (Å²) in [5.74, 6) is 0.678. The monoisotopic (exact) mass is 386 g/mol. The van der Waals surface area contributed by atoms with Gasteiger partial charge in [-0.25, -0.2) is 4.98 Å². The molecule has 1 fully saturated rings. The van der Waals surface area contributed by atoms with E-state index < -0.39 is 0 Å². The van der Waals surface area contributed by atoms with E-state index in [2.05, 4.69) is 34.4 Å². The molecule has 2 aromatic heterocycles. The predicted molar refractivity (Wildman–Crippen MR) is 104 cm³/mol. The standard InChI is InChI=1S/C20H26N4O4/c1-14-12-24(13-15(2)28-14)18-6-5-16(10-22-18)11-23-19(25)7-8-21-20(26)17-4-3-9-27-17/h3-6,9-10,14-15H,7-8,11-13H2,1-2H3,(H,21,26)(H,23,25)/t14-,15+. The first-order chi connectivity index (χ1) is 13.5. The van der Waals surface area contributed by atoms with Crippen LogP contribution >= 0.6 is 0 Å². The summed E-state index contributed by atoms with van der Waals surface area (Å²) >= 11 is 0. The summed E-state index contributed by atoms with van der Waals surface area (Å²) in [5.41, 5.74) is 0.922. The quantitative estimate of drug-likeness (QED) is 0.752. The zero-order valence-corrected chi connectivity index (χ0v) is 16.2. The number of anilines is 1. The first-order valence-electron chi connectivity index (χ1n) is 9.45. The predicted octanol–water partition coefficient (Wildman–Crippen LogP) is 1.72. The number of hydrogen-bond acceptors (Lipinski definition) is 6. The highest BCUT2D eigenvalue weighted by atomic mass is 16.5. The molecule has 150 valence electrons. The molecule has 1 saturated heterocycles. The van der Waals surface area contributed by atoms with Crippen LogP contribution in [0.1, 0.15) is 36.4 Å². The van der Waals surface area contributed by atoms with E-state index in [4.69, 9.17) is 9.15 Å². The molecule has 2 amide bonds. The third-order valence-corrected chi connectivity index (χ3v) is 4.42. The van der Waals surface area contributed by atoms with Crippen molar-refractivity contribution < 1.29 is 18.7 Å². The van der Waals surface area contributed by atoms with E-state index in [-0.39, 0.29) is 42.7 Å². The van der Waals surface area contributed by atoms with Crippen LogP contribution in [0.2, 0.25) is 0 Å². The van der Waals surface area contributed by atoms with E-state index in [1.807, 2.05) is 12.1 Å². The molecule has 0 aromatic carbocycles. The number of amides is 2. The Morgan fingerprint density at radius 2 is 1.96 bits per heavy atom. The van der Waals surface area contributed by atoms with E-state index in [0.717, 1.165) is 24.5 Å². The third kappa shape index (κ3) is 5.56. The fraction of sp³-hybridized carbons (Fsp3) is 0.450. The second kappa shape index (κ2) is 9.36. The van der Waals surface area contributed by atoms with Crippen LogP contribution < -0.4 is 15.5 Å². The molecule has 0 unspecified atom stereocenters. The second-order valence-electron chi connectivity index (χ2n) is 6.95. The van der Waals surface area contributed by atoms with Crippen molar-refractivity contribution in [3.8, 4) is 0 Å². The summed E-state index contributed by atoms with van der Waals surface area (Å²) in [6, 6.07) is 7.15. The molecule has 0 spiro atoms. The van der Waals surface area contributed by atoms with Crippen molar-refractivity contribution in [2.75, 3.05) is 24.5 Å². The number of nitrogens with one attached hydrogen (secondary N) is 2. The van der Waals surface area contributed by atoms with Crippen LogP contribution in [0.4, 0.5) is 5.82 Å². The molecule has 28 heavy (non-hydrogen) atoms. The number of hydrogen-bond donors (Lipinski definition) is 2. The Morgan fingerprint density at radius 3 is 2.61 bits per heavy atom. The number of ether oxygens (including phenoxy) is 1. The lowest BCUT2D eigenvalue weighted by Gasteiger charge is -2.36. The smallest absolute Gasteiger partial charge is 0.286 e. The number of morpholine rings is 1. The van der Waals surface area contributed by atoms with Crippen molar-refractivity contribution in [3.63, 3.8) is 0 Å². The minimum Gasteiger partial charge on any atom is -0.459 e. The number of carbonyl (C=O) groups excluding carboxylic acids is 2. The fourth-order valence-corrected chi connectivity index (χ4v) is 3.15. The van der Waals surface area contributed by atoms with Crippen LogP contribution in [0.15, 0.2) is 41.1 Å². The van der Waals surface area contributed by atoms with Gasteiger partial charge in [0.2, 0.25) is 5.91 Å². The van der Waals surface area contributed by atoms with E-state index in [9.17, 15) is 9.59 Å². The molecule has 0 bridgehead atoms. The van der Waals surface area contributed by atoms with Gasteiger partial charge in [-0.2, -0.15) is 0 Å². The lowest BCUT2D eigenvalue weighted by molar-refractivity contribution is -0.121. The molecule has 8 heteroatoms. The van der Waals surface area contributed by atoms with Gasteiger partial charge in [-0.1, -0.05) is 6.07 Å². The van der Waals surface area contributed by atoms with Gasteiger partial charge in [0.15, 0.2) is 5.76 Å². The second-order valence-corrected chi connectivity index (χ2v) is 6.95. The zero-order valence-electron chi connectivity index (χ0n) is 16.2. The molecule has 0 aliphatic carbocycles. The molecule has 3 rings (SSSR count). The molecule has 3 heterocycles. The number of furan rings is 1. The lowest BCUT2D eigenvalue weighted by Crippen LogP contribution is -2.45. The molecular formula is C20H26N4O4. The zero-order chi connectivity index (χ0) is 19.9. The van der Waals surface area contributed by atoms with E-state index in [0.29, 0.717) is 6.54 Å². The Hall–Kier alpha value is -2.87. The summed E-state index contributed by atoms with van der Waals surface area (Å²) < 4.78 is 10.7. The molecule has 1 aliphatic rings. The number of nitrogens with zero attached hydrogens (tertiary/aromatic N) is 2. The summed E-state index contributed by atoms with van der Waals surface area (Å²) in [7, 11) is 0. The Balaban J connectivity index is 1.39. The highest BCUT2D eigenvalue weighted by Crippen LogP contribution is 2.18. The van der Waals surface area contributed by atoms with Gasteiger partial charge in [0.1, 0.15) is 5.82 Å². The molecule has 0 radical (unpaired) electrons. The van der Waals surface area contributed by atoms with Crippen LogP contribution in [-0.2, 0) is 16.1 Å². The maximum Gasteiger partial charge on any atom is 0.286 e. The first-order valence-corrected chi connectivity index (χ1v) is 9.45. The number of rotatable bonds is 7. The van der Waals surface area contributed by atoms with Crippen LogP contribution in [0.5, 0.6) is 0 Å². The average molecular weight is 386 g/mol. The van der Waals surface area contributed by atoms with E-state index in [1.165, 1.54) is 6.26 Å². The van der Waals surface area contributed by atoms with Crippen LogP contribution in [0.3, 0.4) is 0 Å². The number of carbonyl (C=O) groups is 2. The minimum atomic E-state index is -0.329. The first kappa shape index (κ1) is 19.9. The minimum absolute atomic E-state index is 0.139. The Bertz CT molecular complexity index is 766. The van der Waals surface area contributed by atoms with Crippen molar-refractivity contribution in [1.29, 1.82) is 0 Å². The van der Waals surface area contributed by atoms with E-state index in [1.54, 1.807) is 18.3 Å². The van der Waals surface area contributed by atoms with Gasteiger partial charge in [-0.15, -0.1) is 0 Å². The van der Waals surface area contributed by atoms with Crippen molar-refractivity contribution in [2.45, 2.75) is 39.0 Å². The molecule has 8 nitrogen and oxygen atoms in total. The highest BCUT2D eigenvalue weighted by Gasteiger charge is 2.22. The van der Waals surface area contributed by atoms with Gasteiger partial charge in [0, 0.05) is 38.8 Å². The topological polar surface area (TPSA) is 96.7 Å². The molecule has 2 N–H and O–H groups in total. The maximum atomic E-state index is 11.9. The largest absolute Gasteiger partial charge is 0.459 e. The van der Waals surface area contributed by atoms with Gasteiger partial charge in [-0.3, -0.25) is 9.59 Å². The molecule has 2 aromatic rings. The third-order valence-electron chi connectivity index (χ3n) is 4.42. The number of pyridine rings is 1. The fourth-order valence-electron chi connectivity index (χ4n) is 3.15. The molecule has 1 aliphatic heterocycles. The van der Waals surface area contributed by atoms with Crippen molar-refractivity contribution in [3.05, 3.63) is 48.0 Å². The van der Waals surface area contributed by atoms with Crippen molar-refractivity contribution in [2.24, 2.45) is 0 Å². The summed E-state index contributed by atoms with van der Waals surface area (Å²) in [5, 5.41) is 5.48. The lowest BCUT2D eigenvalue weighted by atomic mass is 10.2. The molecule has 0 saturated carbocycles. The normalized spacial score (nSPS) is 19.3. The SMILES string of the molecule is C[C@@H]1CN(c2ccc(CNC(=O)CCNC(=O)c3ccco3)cn2)C[C@H](C)O1. The maximum absolute atomic E-state index is 11.9. The van der Waals surface area contributed by atoms with Crippen LogP contribution in [-0.4, -0.2) is 48.6 Å². The Labute approximate surface area is 164 Å². The van der Waals surface area contributed by atoms with Crippen molar-refractivity contribution >= 4 is 17.6 Å². The van der Waals surface area contributed by atoms with Gasteiger partial charge in [0.25, 0.3) is 5.91 Å². The summed E-state index contributed by atoms with van der Waals surface area (Å²) in [6.07, 6.45) is 3.76. The van der Waals surface area contributed by atoms with Gasteiger partial charge in [0.05, 0.1) is 18.5 Å². The Morgan fingerprint density at radius 1 is 1.18 bits per heavy atom. The summed E-state index contributed by atoms with van der Waals surface area (Å²) in [4.78, 5) is 30.4. The van der Waals surface area contributed by atoms with Crippen LogP contribution in [0.25, 0.3) is 0 Å². The van der Waals surface area contributed by atoms with E-state index >= 15 is 0 Å². The highest BCUT2D eigenvalue weighted by molar-refractivity contribution is 5.91. The number of aromatic nitrogens is 1. The Kier molecular flexibility index (Phi) is 6.65. The van der Waals surface area contributed by atoms with Gasteiger partial charge >= 0.3 is 0 Å². The van der Waals surface area contributed by atoms with Crippen LogP contribution in [0, 0.1) is 0 Å². The van der Waals surface area contributed by atoms with Gasteiger partial charge in [-0.05, 0) is 37.6 Å². The average Bonchev–Trinajstić information content (AvgIpc) is 3.21. The molecular weight excluding hydrogens is 360 g/mol. The van der Waals surface area contributed by atoms with Crippen molar-refractivity contribution in [1.82, 2.24) is 15.6 Å². The van der Waals surface area contributed by atoms with Gasteiger partial charge < -0.3 is 24.7 Å². The molecule has 2 atom stereocenters.